The van der Waals surface area contributed by atoms with E-state index in [-0.39, 0.29) is 12.2 Å². The van der Waals surface area contributed by atoms with Crippen LogP contribution in [0.4, 0.5) is 11.4 Å². The summed E-state index contributed by atoms with van der Waals surface area (Å²) in [7, 11) is 0. The van der Waals surface area contributed by atoms with Crippen molar-refractivity contribution >= 4 is 17.3 Å². The molecule has 1 aliphatic rings. The van der Waals surface area contributed by atoms with E-state index in [1.54, 1.807) is 0 Å². The summed E-state index contributed by atoms with van der Waals surface area (Å²) < 4.78 is 5.53. The number of esters is 1. The van der Waals surface area contributed by atoms with Gasteiger partial charge in [0.05, 0.1) is 21.5 Å². The zero-order valence-electron chi connectivity index (χ0n) is 15.8. The van der Waals surface area contributed by atoms with Crippen LogP contribution < -0.4 is 0 Å². The Morgan fingerprint density at radius 1 is 1.10 bits per heavy atom. The van der Waals surface area contributed by atoms with Crippen molar-refractivity contribution < 1.29 is 19.4 Å². The number of hydrogen-bond donors (Lipinski definition) is 0. The summed E-state index contributed by atoms with van der Waals surface area (Å²) in [5, 5.41) is 22.1. The summed E-state index contributed by atoms with van der Waals surface area (Å²) in [6.45, 7) is 2.15. The van der Waals surface area contributed by atoms with Gasteiger partial charge < -0.3 is 4.74 Å². The molecule has 0 spiro atoms. The molecule has 0 heterocycles. The van der Waals surface area contributed by atoms with Gasteiger partial charge in [-0.25, -0.2) is 4.79 Å². The van der Waals surface area contributed by atoms with E-state index in [0.717, 1.165) is 30.2 Å². The fraction of sp³-hybridized carbons (Fsp3) is 0.286. The maximum absolute atomic E-state index is 12.6. The van der Waals surface area contributed by atoms with Gasteiger partial charge in [-0.15, -0.1) is 0 Å². The normalized spacial score (nSPS) is 20.8. The number of nitrogens with zero attached hydrogens (tertiary/aromatic N) is 2. The third-order valence-corrected chi connectivity index (χ3v) is 5.11. The Hall–Kier alpha value is -3.55. The van der Waals surface area contributed by atoms with Crippen molar-refractivity contribution in [1.82, 2.24) is 0 Å². The molecular formula is C21H20N2O6. The number of non-ortho nitro benzene ring substituents is 2. The van der Waals surface area contributed by atoms with Gasteiger partial charge in [0.25, 0.3) is 11.4 Å². The molecular weight excluding hydrogens is 376 g/mol. The molecule has 0 amide bonds. The molecule has 0 fully saturated rings. The SMILES string of the molecule is C[C@H]1C=CC[C@@](COC(=O)c2cc([N+](=O)[O-])cc([N+](=O)[O-])c2)(c2ccccc2)C1. The Morgan fingerprint density at radius 2 is 1.72 bits per heavy atom. The predicted octanol–water partition coefficient (Wildman–Crippen LogP) is 4.58. The molecule has 8 heteroatoms. The monoisotopic (exact) mass is 396 g/mol. The summed E-state index contributed by atoms with van der Waals surface area (Å²) in [6.07, 6.45) is 5.64. The number of hydrogen-bond acceptors (Lipinski definition) is 6. The van der Waals surface area contributed by atoms with Gasteiger partial charge in [-0.1, -0.05) is 49.4 Å². The Bertz CT molecular complexity index is 940. The van der Waals surface area contributed by atoms with E-state index in [4.69, 9.17) is 4.74 Å². The quantitative estimate of drug-likeness (QED) is 0.306. The van der Waals surface area contributed by atoms with Crippen LogP contribution in [0.5, 0.6) is 0 Å². The smallest absolute Gasteiger partial charge is 0.338 e. The molecule has 3 rings (SSSR count). The summed E-state index contributed by atoms with van der Waals surface area (Å²) in [5.74, 6) is -0.532. The molecule has 2 aromatic carbocycles. The van der Waals surface area contributed by atoms with Crippen LogP contribution in [0, 0.1) is 26.1 Å². The molecule has 150 valence electrons. The summed E-state index contributed by atoms with van der Waals surface area (Å²) in [6, 6.07) is 12.5. The van der Waals surface area contributed by atoms with Crippen LogP contribution in [0.2, 0.25) is 0 Å². The molecule has 0 N–H and O–H groups in total. The Morgan fingerprint density at radius 3 is 2.28 bits per heavy atom. The molecule has 0 saturated heterocycles. The van der Waals surface area contributed by atoms with E-state index in [1.165, 1.54) is 0 Å². The zero-order valence-corrected chi connectivity index (χ0v) is 15.8. The van der Waals surface area contributed by atoms with Crippen LogP contribution in [0.3, 0.4) is 0 Å². The lowest BCUT2D eigenvalue weighted by molar-refractivity contribution is -0.394. The van der Waals surface area contributed by atoms with E-state index >= 15 is 0 Å². The Kier molecular flexibility index (Phi) is 5.72. The first kappa shape index (κ1) is 20.2. The van der Waals surface area contributed by atoms with Crippen LogP contribution in [0.15, 0.2) is 60.7 Å². The van der Waals surface area contributed by atoms with Gasteiger partial charge in [0.1, 0.15) is 6.61 Å². The average molecular weight is 396 g/mol. The maximum Gasteiger partial charge on any atom is 0.338 e. The lowest BCUT2D eigenvalue weighted by atomic mass is 9.69. The molecule has 0 aromatic heterocycles. The lowest BCUT2D eigenvalue weighted by Gasteiger charge is -2.37. The van der Waals surface area contributed by atoms with Crippen molar-refractivity contribution in [3.63, 3.8) is 0 Å². The number of rotatable bonds is 6. The molecule has 1 aliphatic carbocycles. The standard InChI is InChI=1S/C21H20N2O6/c1-15-6-5-9-21(13-15,17-7-3-2-4-8-17)14-29-20(24)16-10-18(22(25)26)12-19(11-16)23(27)28/h2-8,10-12,15H,9,13-14H2,1H3/t15-,21+/m0/s1. The third kappa shape index (κ3) is 4.48. The third-order valence-electron chi connectivity index (χ3n) is 5.11. The fourth-order valence-corrected chi connectivity index (χ4v) is 3.73. The van der Waals surface area contributed by atoms with Crippen LogP contribution in [-0.4, -0.2) is 22.4 Å². The second-order valence-electron chi connectivity index (χ2n) is 7.29. The summed E-state index contributed by atoms with van der Waals surface area (Å²) in [5.41, 5.74) is -0.656. The first-order valence-electron chi connectivity index (χ1n) is 9.14. The van der Waals surface area contributed by atoms with Crippen molar-refractivity contribution in [2.75, 3.05) is 6.61 Å². The minimum atomic E-state index is -0.825. The zero-order chi connectivity index (χ0) is 21.0. The molecule has 0 unspecified atom stereocenters. The predicted molar refractivity (Wildman–Crippen MR) is 106 cm³/mol. The van der Waals surface area contributed by atoms with E-state index in [1.807, 2.05) is 30.3 Å². The van der Waals surface area contributed by atoms with Crippen molar-refractivity contribution in [1.29, 1.82) is 0 Å². The summed E-state index contributed by atoms with van der Waals surface area (Å²) in [4.78, 5) is 33.2. The van der Waals surface area contributed by atoms with E-state index in [0.29, 0.717) is 12.3 Å². The number of ether oxygens (including phenoxy) is 1. The highest BCUT2D eigenvalue weighted by molar-refractivity contribution is 5.91. The highest BCUT2D eigenvalue weighted by Gasteiger charge is 2.36. The molecule has 2 atom stereocenters. The fourth-order valence-electron chi connectivity index (χ4n) is 3.73. The van der Waals surface area contributed by atoms with Crippen LogP contribution in [-0.2, 0) is 10.2 Å². The Balaban J connectivity index is 1.87. The second kappa shape index (κ2) is 8.22. The number of nitro groups is 2. The van der Waals surface area contributed by atoms with Gasteiger partial charge >= 0.3 is 5.97 Å². The molecule has 0 saturated carbocycles. The van der Waals surface area contributed by atoms with E-state index in [9.17, 15) is 25.0 Å². The van der Waals surface area contributed by atoms with Gasteiger partial charge in [0.2, 0.25) is 0 Å². The van der Waals surface area contributed by atoms with E-state index in [2.05, 4.69) is 19.1 Å². The number of nitro benzene ring substituents is 2. The molecule has 29 heavy (non-hydrogen) atoms. The number of allylic oxidation sites excluding steroid dienone is 2. The van der Waals surface area contributed by atoms with Crippen LogP contribution >= 0.6 is 0 Å². The first-order chi connectivity index (χ1) is 13.8. The minimum absolute atomic E-state index is 0.0705. The van der Waals surface area contributed by atoms with Crippen molar-refractivity contribution in [2.45, 2.75) is 25.2 Å². The van der Waals surface area contributed by atoms with Gasteiger partial charge in [-0.05, 0) is 24.3 Å². The second-order valence-corrected chi connectivity index (χ2v) is 7.29. The van der Waals surface area contributed by atoms with Crippen molar-refractivity contribution in [2.24, 2.45) is 5.92 Å². The van der Waals surface area contributed by atoms with Crippen LogP contribution in [0.25, 0.3) is 0 Å². The highest BCUT2D eigenvalue weighted by atomic mass is 16.6. The number of carbonyl (C=O) groups is 1. The van der Waals surface area contributed by atoms with Crippen molar-refractivity contribution in [3.05, 3.63) is 92.0 Å². The van der Waals surface area contributed by atoms with Crippen LogP contribution in [0.1, 0.15) is 35.7 Å². The molecule has 8 nitrogen and oxygen atoms in total. The average Bonchev–Trinajstić information content (AvgIpc) is 2.72. The molecule has 2 aromatic rings. The van der Waals surface area contributed by atoms with Gasteiger partial charge in [0.15, 0.2) is 0 Å². The first-order valence-corrected chi connectivity index (χ1v) is 9.14. The highest BCUT2D eigenvalue weighted by Crippen LogP contribution is 2.39. The maximum atomic E-state index is 12.6. The molecule has 0 bridgehead atoms. The van der Waals surface area contributed by atoms with Gasteiger partial charge in [0, 0.05) is 17.5 Å². The molecule has 0 radical (unpaired) electrons. The van der Waals surface area contributed by atoms with Gasteiger partial charge in [-0.3, -0.25) is 20.2 Å². The topological polar surface area (TPSA) is 113 Å². The minimum Gasteiger partial charge on any atom is -0.461 e. The number of carbonyl (C=O) groups excluding carboxylic acids is 1. The van der Waals surface area contributed by atoms with Gasteiger partial charge in [-0.2, -0.15) is 0 Å². The molecule has 0 aliphatic heterocycles. The summed E-state index contributed by atoms with van der Waals surface area (Å²) >= 11 is 0. The Labute approximate surface area is 167 Å². The van der Waals surface area contributed by atoms with E-state index < -0.39 is 32.6 Å². The largest absolute Gasteiger partial charge is 0.461 e. The lowest BCUT2D eigenvalue weighted by Crippen LogP contribution is -2.36. The van der Waals surface area contributed by atoms with Crippen molar-refractivity contribution in [3.8, 4) is 0 Å². The number of benzene rings is 2.